The van der Waals surface area contributed by atoms with Gasteiger partial charge in [-0.3, -0.25) is 0 Å². The summed E-state index contributed by atoms with van der Waals surface area (Å²) in [5.41, 5.74) is 7.05. The van der Waals surface area contributed by atoms with Crippen LogP contribution in [0, 0.1) is 5.82 Å². The lowest BCUT2D eigenvalue weighted by molar-refractivity contribution is 0.433. The molecule has 3 aromatic rings. The molecular formula is C12H10FN3O. The zero-order valence-electron chi connectivity index (χ0n) is 9.14. The summed E-state index contributed by atoms with van der Waals surface area (Å²) < 4.78 is 20.5. The molecule has 3 rings (SSSR count). The Morgan fingerprint density at radius 2 is 2.18 bits per heavy atom. The molecule has 0 fully saturated rings. The van der Waals surface area contributed by atoms with Gasteiger partial charge in [-0.25, -0.2) is 4.39 Å². The van der Waals surface area contributed by atoms with E-state index in [-0.39, 0.29) is 5.82 Å². The number of halogens is 1. The summed E-state index contributed by atoms with van der Waals surface area (Å²) in [5.74, 6) is 0.586. The fourth-order valence-electron chi connectivity index (χ4n) is 1.97. The predicted octanol–water partition coefficient (Wildman–Crippen LogP) is 2.55. The van der Waals surface area contributed by atoms with E-state index in [0.717, 1.165) is 11.2 Å². The van der Waals surface area contributed by atoms with E-state index in [4.69, 9.17) is 10.3 Å². The molecule has 5 heteroatoms. The highest BCUT2D eigenvalue weighted by molar-refractivity contribution is 5.86. The number of benzene rings is 1. The van der Waals surface area contributed by atoms with Crippen molar-refractivity contribution < 1.29 is 8.91 Å². The van der Waals surface area contributed by atoms with E-state index in [2.05, 4.69) is 5.16 Å². The van der Waals surface area contributed by atoms with E-state index in [1.807, 2.05) is 17.7 Å². The zero-order chi connectivity index (χ0) is 12.0. The van der Waals surface area contributed by atoms with Gasteiger partial charge < -0.3 is 14.8 Å². The summed E-state index contributed by atoms with van der Waals surface area (Å²) in [5, 5.41) is 4.18. The quantitative estimate of drug-likeness (QED) is 0.700. The van der Waals surface area contributed by atoms with Gasteiger partial charge in [0.15, 0.2) is 11.6 Å². The smallest absolute Gasteiger partial charge is 0.185 e. The van der Waals surface area contributed by atoms with Crippen LogP contribution in [0.1, 0.15) is 0 Å². The van der Waals surface area contributed by atoms with Crippen LogP contribution in [-0.4, -0.2) is 9.72 Å². The molecule has 86 valence electrons. The number of rotatable bonds is 1. The summed E-state index contributed by atoms with van der Waals surface area (Å²) >= 11 is 0. The minimum atomic E-state index is -0.253. The first-order valence-corrected chi connectivity index (χ1v) is 5.13. The lowest BCUT2D eigenvalue weighted by Gasteiger charge is -1.99. The van der Waals surface area contributed by atoms with Crippen molar-refractivity contribution >= 4 is 16.7 Å². The van der Waals surface area contributed by atoms with Gasteiger partial charge in [0.1, 0.15) is 5.82 Å². The van der Waals surface area contributed by atoms with Crippen molar-refractivity contribution in [2.24, 2.45) is 7.05 Å². The lowest BCUT2D eigenvalue weighted by atomic mass is 10.2. The molecule has 0 aliphatic heterocycles. The fraction of sp³-hybridized carbons (Fsp3) is 0.0833. The predicted molar refractivity (Wildman–Crippen MR) is 62.8 cm³/mol. The second kappa shape index (κ2) is 3.35. The Kier molecular flexibility index (Phi) is 1.95. The Hall–Kier alpha value is -2.30. The highest BCUT2D eigenvalue weighted by Gasteiger charge is 2.13. The number of anilines is 1. The number of hydrogen-bond donors (Lipinski definition) is 1. The highest BCUT2D eigenvalue weighted by Crippen LogP contribution is 2.29. The molecule has 0 radical (unpaired) electrons. The third-order valence-corrected chi connectivity index (χ3v) is 2.81. The van der Waals surface area contributed by atoms with Crippen LogP contribution in [0.2, 0.25) is 0 Å². The minimum Gasteiger partial charge on any atom is -0.381 e. The van der Waals surface area contributed by atoms with Crippen LogP contribution < -0.4 is 5.73 Å². The van der Waals surface area contributed by atoms with Crippen molar-refractivity contribution in [1.29, 1.82) is 0 Å². The van der Waals surface area contributed by atoms with Crippen molar-refractivity contribution in [3.63, 3.8) is 0 Å². The molecule has 1 aromatic carbocycles. The number of nitrogen functional groups attached to an aromatic ring is 1. The van der Waals surface area contributed by atoms with Crippen LogP contribution in [0.3, 0.4) is 0 Å². The van der Waals surface area contributed by atoms with E-state index >= 15 is 0 Å². The highest BCUT2D eigenvalue weighted by atomic mass is 19.1. The van der Waals surface area contributed by atoms with E-state index in [9.17, 15) is 4.39 Å². The number of aromatic nitrogens is 2. The molecule has 0 spiro atoms. The molecule has 0 amide bonds. The molecule has 0 atom stereocenters. The van der Waals surface area contributed by atoms with Crippen molar-refractivity contribution in [1.82, 2.24) is 9.72 Å². The van der Waals surface area contributed by atoms with Crippen molar-refractivity contribution in [3.05, 3.63) is 36.1 Å². The van der Waals surface area contributed by atoms with Gasteiger partial charge in [-0.2, -0.15) is 0 Å². The first kappa shape index (κ1) is 9.89. The topological polar surface area (TPSA) is 57.0 Å². The molecule has 0 saturated carbocycles. The number of nitrogens with zero attached hydrogens (tertiary/aromatic N) is 2. The Balaban J connectivity index is 2.31. The molecular weight excluding hydrogens is 221 g/mol. The second-order valence-electron chi connectivity index (χ2n) is 3.88. The van der Waals surface area contributed by atoms with E-state index in [0.29, 0.717) is 17.0 Å². The van der Waals surface area contributed by atoms with Crippen LogP contribution in [-0.2, 0) is 7.05 Å². The Bertz CT molecular complexity index is 699. The van der Waals surface area contributed by atoms with Gasteiger partial charge >= 0.3 is 0 Å². The van der Waals surface area contributed by atoms with Crippen molar-refractivity contribution in [2.75, 3.05) is 5.73 Å². The van der Waals surface area contributed by atoms with Gasteiger partial charge in [0.05, 0.1) is 11.2 Å². The van der Waals surface area contributed by atoms with Gasteiger partial charge in [-0.05, 0) is 18.2 Å². The normalized spacial score (nSPS) is 11.2. The molecule has 2 N–H and O–H groups in total. The summed E-state index contributed by atoms with van der Waals surface area (Å²) in [6, 6.07) is 8.30. The summed E-state index contributed by atoms with van der Waals surface area (Å²) in [7, 11) is 1.84. The van der Waals surface area contributed by atoms with Gasteiger partial charge in [0.25, 0.3) is 0 Å². The fourth-order valence-corrected chi connectivity index (χ4v) is 1.97. The Morgan fingerprint density at radius 1 is 1.35 bits per heavy atom. The molecule has 2 aromatic heterocycles. The monoisotopic (exact) mass is 231 g/mol. The SMILES string of the molecule is Cn1c(-c2cc(N)no2)cc2c(F)cccc21. The molecule has 2 heterocycles. The molecule has 0 bridgehead atoms. The Labute approximate surface area is 96.4 Å². The van der Waals surface area contributed by atoms with Gasteiger partial charge in [0.2, 0.25) is 0 Å². The zero-order valence-corrected chi connectivity index (χ0v) is 9.14. The van der Waals surface area contributed by atoms with Crippen molar-refractivity contribution in [3.8, 4) is 11.5 Å². The number of nitrogens with two attached hydrogens (primary N) is 1. The van der Waals surface area contributed by atoms with Gasteiger partial charge in [-0.15, -0.1) is 0 Å². The molecule has 17 heavy (non-hydrogen) atoms. The van der Waals surface area contributed by atoms with Crippen LogP contribution in [0.4, 0.5) is 10.2 Å². The molecule has 0 unspecified atom stereocenters. The molecule has 0 aliphatic carbocycles. The van der Waals surface area contributed by atoms with E-state index < -0.39 is 0 Å². The maximum absolute atomic E-state index is 13.6. The first-order valence-electron chi connectivity index (χ1n) is 5.13. The summed E-state index contributed by atoms with van der Waals surface area (Å²) in [4.78, 5) is 0. The maximum atomic E-state index is 13.6. The second-order valence-corrected chi connectivity index (χ2v) is 3.88. The lowest BCUT2D eigenvalue weighted by Crippen LogP contribution is -1.90. The van der Waals surface area contributed by atoms with Crippen LogP contribution in [0.15, 0.2) is 34.9 Å². The number of hydrogen-bond acceptors (Lipinski definition) is 3. The largest absolute Gasteiger partial charge is 0.381 e. The van der Waals surface area contributed by atoms with Gasteiger partial charge in [0, 0.05) is 18.5 Å². The van der Waals surface area contributed by atoms with Crippen LogP contribution >= 0.6 is 0 Å². The minimum absolute atomic E-state index is 0.253. The van der Waals surface area contributed by atoms with Gasteiger partial charge in [-0.1, -0.05) is 11.2 Å². The average molecular weight is 231 g/mol. The number of aryl methyl sites for hydroxylation is 1. The first-order chi connectivity index (χ1) is 8.16. The summed E-state index contributed by atoms with van der Waals surface area (Å²) in [6.07, 6.45) is 0. The molecule has 0 saturated heterocycles. The third-order valence-electron chi connectivity index (χ3n) is 2.81. The molecule has 0 aliphatic rings. The Morgan fingerprint density at radius 3 is 2.82 bits per heavy atom. The van der Waals surface area contributed by atoms with Crippen molar-refractivity contribution in [2.45, 2.75) is 0 Å². The average Bonchev–Trinajstić information content (AvgIpc) is 2.85. The van der Waals surface area contributed by atoms with E-state index in [1.165, 1.54) is 6.07 Å². The standard InChI is InChI=1S/C12H10FN3O/c1-16-9-4-2-3-8(13)7(9)5-10(16)11-6-12(14)15-17-11/h2-6H,1H3,(H2,14,15). The third kappa shape index (κ3) is 1.39. The summed E-state index contributed by atoms with van der Waals surface area (Å²) in [6.45, 7) is 0. The maximum Gasteiger partial charge on any atom is 0.185 e. The molecule has 4 nitrogen and oxygen atoms in total. The van der Waals surface area contributed by atoms with Crippen LogP contribution in [0.25, 0.3) is 22.4 Å². The van der Waals surface area contributed by atoms with E-state index in [1.54, 1.807) is 18.2 Å². The number of fused-ring (bicyclic) bond motifs is 1. The van der Waals surface area contributed by atoms with Crippen LogP contribution in [0.5, 0.6) is 0 Å².